The summed E-state index contributed by atoms with van der Waals surface area (Å²) < 4.78 is 34.7. The van der Waals surface area contributed by atoms with Crippen LogP contribution in [0, 0.1) is 11.8 Å². The molecule has 2 heterocycles. The zero-order valence-electron chi connectivity index (χ0n) is 19.6. The lowest BCUT2D eigenvalue weighted by Gasteiger charge is -2.15. The number of nitrogens with zero attached hydrogens (tertiary/aromatic N) is 3. The Hall–Kier alpha value is -5.12. The number of alkyl halides is 3. The van der Waals surface area contributed by atoms with E-state index in [1.165, 1.54) is 12.1 Å². The van der Waals surface area contributed by atoms with Crippen molar-refractivity contribution in [2.45, 2.75) is 25.7 Å². The van der Waals surface area contributed by atoms with Crippen molar-refractivity contribution in [3.63, 3.8) is 0 Å². The van der Waals surface area contributed by atoms with Crippen LogP contribution in [0.15, 0.2) is 70.8 Å². The van der Waals surface area contributed by atoms with Crippen LogP contribution in [0.1, 0.15) is 34.5 Å². The number of hydrogen-bond donors (Lipinski definition) is 3. The number of carboxylic acids is 2. The van der Waals surface area contributed by atoms with E-state index in [0.29, 0.717) is 28.6 Å². The number of imidazole rings is 1. The second-order valence-corrected chi connectivity index (χ2v) is 7.81. The number of benzene rings is 2. The van der Waals surface area contributed by atoms with Gasteiger partial charge in [-0.1, -0.05) is 24.0 Å². The van der Waals surface area contributed by atoms with E-state index in [-0.39, 0.29) is 5.56 Å². The second-order valence-electron chi connectivity index (χ2n) is 7.81. The highest BCUT2D eigenvalue weighted by atomic mass is 19.4. The van der Waals surface area contributed by atoms with Gasteiger partial charge in [0.1, 0.15) is 0 Å². The number of H-pyrrole nitrogens is 1. The fourth-order valence-corrected chi connectivity index (χ4v) is 3.32. The molecule has 0 amide bonds. The number of halogens is 3. The summed E-state index contributed by atoms with van der Waals surface area (Å²) in [4.78, 5) is 52.4. The van der Waals surface area contributed by atoms with Crippen LogP contribution in [-0.4, -0.2) is 47.4 Å². The number of aromatic carboxylic acids is 1. The van der Waals surface area contributed by atoms with E-state index in [0.717, 1.165) is 4.57 Å². The van der Waals surface area contributed by atoms with Gasteiger partial charge in [-0.05, 0) is 42.8 Å². The predicted molar refractivity (Wildman–Crippen MR) is 129 cm³/mol. The Morgan fingerprint density at radius 3 is 2.32 bits per heavy atom. The van der Waals surface area contributed by atoms with Crippen molar-refractivity contribution in [1.82, 2.24) is 19.1 Å². The summed E-state index contributed by atoms with van der Waals surface area (Å²) in [6, 6.07) is 10.6. The number of rotatable bonds is 4. The van der Waals surface area contributed by atoms with Crippen LogP contribution in [0.25, 0.3) is 10.9 Å². The Kier molecular flexibility index (Phi) is 8.16. The first-order chi connectivity index (χ1) is 17.9. The van der Waals surface area contributed by atoms with E-state index in [2.05, 4.69) is 21.8 Å². The number of hydrogen-bond acceptors (Lipinski definition) is 5. The number of nitrogens with one attached hydrogen (secondary N) is 1. The molecule has 4 rings (SSSR count). The van der Waals surface area contributed by atoms with E-state index in [1.807, 2.05) is 10.8 Å². The minimum Gasteiger partial charge on any atom is -0.478 e. The number of aromatic nitrogens is 4. The predicted octanol–water partition coefficient (Wildman–Crippen LogP) is 2.88. The van der Waals surface area contributed by atoms with E-state index in [4.69, 9.17) is 15.0 Å². The van der Waals surface area contributed by atoms with Gasteiger partial charge in [-0.3, -0.25) is 9.36 Å². The Morgan fingerprint density at radius 2 is 1.76 bits per heavy atom. The molecule has 0 bridgehead atoms. The zero-order valence-corrected chi connectivity index (χ0v) is 19.6. The first-order valence-corrected chi connectivity index (χ1v) is 10.7. The summed E-state index contributed by atoms with van der Waals surface area (Å²) in [7, 11) is 0. The summed E-state index contributed by atoms with van der Waals surface area (Å²) in [6.45, 7) is 2.18. The van der Waals surface area contributed by atoms with E-state index < -0.39 is 35.4 Å². The van der Waals surface area contributed by atoms with Gasteiger partial charge in [0.15, 0.2) is 0 Å². The van der Waals surface area contributed by atoms with Gasteiger partial charge in [0.05, 0.1) is 35.4 Å². The number of carboxylic acid groups (broad SMARTS) is 2. The highest BCUT2D eigenvalue weighted by molar-refractivity contribution is 5.87. The van der Waals surface area contributed by atoms with Gasteiger partial charge in [-0.25, -0.2) is 19.4 Å². The lowest BCUT2D eigenvalue weighted by atomic mass is 10.1. The Balaban J connectivity index is 0.000000505. The monoisotopic (exact) mass is 528 g/mol. The Labute approximate surface area is 211 Å². The zero-order chi connectivity index (χ0) is 28.0. The SMILES string of the molecule is CC(c1ccc(C(=O)O)cc1)n1c(=O)[nH]c2ccc(C#CCn3ccnc3)cc2c1=O.O=C(O)C(F)(F)F. The van der Waals surface area contributed by atoms with Crippen LogP contribution in [0.5, 0.6) is 0 Å². The maximum absolute atomic E-state index is 13.1. The normalized spacial score (nSPS) is 11.6. The third kappa shape index (κ3) is 6.55. The molecule has 0 aliphatic carbocycles. The second kappa shape index (κ2) is 11.3. The molecule has 0 spiro atoms. The molecule has 1 atom stereocenters. The number of carbonyl (C=O) groups is 2. The largest absolute Gasteiger partial charge is 0.490 e. The van der Waals surface area contributed by atoms with Crippen molar-refractivity contribution >= 4 is 22.8 Å². The van der Waals surface area contributed by atoms with Gasteiger partial charge in [0.25, 0.3) is 5.56 Å². The van der Waals surface area contributed by atoms with Crippen LogP contribution >= 0.6 is 0 Å². The van der Waals surface area contributed by atoms with Crippen LogP contribution in [0.2, 0.25) is 0 Å². The molecule has 196 valence electrons. The molecule has 0 radical (unpaired) electrons. The van der Waals surface area contributed by atoms with E-state index in [1.54, 1.807) is 49.8 Å². The summed E-state index contributed by atoms with van der Waals surface area (Å²) >= 11 is 0. The van der Waals surface area contributed by atoms with Crippen molar-refractivity contribution in [2.75, 3.05) is 0 Å². The molecular formula is C25H19F3N4O6. The van der Waals surface area contributed by atoms with E-state index >= 15 is 0 Å². The first kappa shape index (κ1) is 27.5. The fraction of sp³-hybridized carbons (Fsp3) is 0.160. The highest BCUT2D eigenvalue weighted by Gasteiger charge is 2.38. The van der Waals surface area contributed by atoms with Gasteiger partial charge in [-0.2, -0.15) is 13.2 Å². The van der Waals surface area contributed by atoms with Crippen molar-refractivity contribution in [1.29, 1.82) is 0 Å². The summed E-state index contributed by atoms with van der Waals surface area (Å²) in [6.07, 6.45) is 0.0681. The molecule has 0 saturated heterocycles. The maximum Gasteiger partial charge on any atom is 0.490 e. The molecule has 13 heteroatoms. The van der Waals surface area contributed by atoms with Gasteiger partial charge in [0, 0.05) is 18.0 Å². The topological polar surface area (TPSA) is 147 Å². The minimum absolute atomic E-state index is 0.134. The van der Waals surface area contributed by atoms with Crippen LogP contribution in [0.4, 0.5) is 13.2 Å². The molecule has 0 aliphatic rings. The molecule has 2 aromatic carbocycles. The van der Waals surface area contributed by atoms with Crippen molar-refractivity contribution in [3.8, 4) is 11.8 Å². The van der Waals surface area contributed by atoms with Crippen molar-refractivity contribution in [3.05, 3.63) is 98.7 Å². The Bertz CT molecular complexity index is 1640. The fourth-order valence-electron chi connectivity index (χ4n) is 3.32. The Morgan fingerprint density at radius 1 is 1.11 bits per heavy atom. The number of aromatic amines is 1. The minimum atomic E-state index is -5.08. The van der Waals surface area contributed by atoms with Gasteiger partial charge >= 0.3 is 23.8 Å². The van der Waals surface area contributed by atoms with Crippen LogP contribution < -0.4 is 11.2 Å². The molecule has 2 aromatic heterocycles. The lowest BCUT2D eigenvalue weighted by molar-refractivity contribution is -0.192. The van der Waals surface area contributed by atoms with Gasteiger partial charge in [0.2, 0.25) is 0 Å². The molecular weight excluding hydrogens is 509 g/mol. The standard InChI is InChI=1S/C23H18N4O4.C2HF3O2/c1-15(17-5-7-18(8-6-17)22(29)30)27-21(28)19-13-16(4-9-20(19)25-23(27)31)3-2-11-26-12-10-24-14-26;3-2(4,5)1(6)7/h4-10,12-15H,11H2,1H3,(H,25,31)(H,29,30);(H,6,7). The molecule has 0 aliphatic heterocycles. The average molecular weight is 528 g/mol. The van der Waals surface area contributed by atoms with Gasteiger partial charge in [-0.15, -0.1) is 0 Å². The summed E-state index contributed by atoms with van der Waals surface area (Å²) in [5.74, 6) is 2.24. The number of fused-ring (bicyclic) bond motifs is 1. The van der Waals surface area contributed by atoms with Crippen LogP contribution in [0.3, 0.4) is 0 Å². The molecule has 0 fully saturated rings. The molecule has 38 heavy (non-hydrogen) atoms. The molecule has 10 nitrogen and oxygen atoms in total. The summed E-state index contributed by atoms with van der Waals surface area (Å²) in [5.41, 5.74) is 0.891. The third-order valence-corrected chi connectivity index (χ3v) is 5.25. The summed E-state index contributed by atoms with van der Waals surface area (Å²) in [5, 5.41) is 16.5. The quantitative estimate of drug-likeness (QED) is 0.345. The van der Waals surface area contributed by atoms with E-state index in [9.17, 15) is 27.6 Å². The highest BCUT2D eigenvalue weighted by Crippen LogP contribution is 2.17. The molecule has 3 N–H and O–H groups in total. The van der Waals surface area contributed by atoms with Crippen molar-refractivity contribution < 1.29 is 33.0 Å². The third-order valence-electron chi connectivity index (χ3n) is 5.25. The smallest absolute Gasteiger partial charge is 0.478 e. The lowest BCUT2D eigenvalue weighted by Crippen LogP contribution is -2.37. The molecule has 0 saturated carbocycles. The van der Waals surface area contributed by atoms with Crippen molar-refractivity contribution in [2.24, 2.45) is 0 Å². The van der Waals surface area contributed by atoms with Crippen LogP contribution in [-0.2, 0) is 11.3 Å². The molecule has 1 unspecified atom stereocenters. The first-order valence-electron chi connectivity index (χ1n) is 10.7. The average Bonchev–Trinajstić information content (AvgIpc) is 3.38. The maximum atomic E-state index is 13.1. The van der Waals surface area contributed by atoms with Gasteiger partial charge < -0.3 is 19.8 Å². The molecule has 4 aromatic rings. The number of aliphatic carboxylic acids is 1.